The fraction of sp³-hybridized carbons (Fsp3) is 0.174. The van der Waals surface area contributed by atoms with E-state index in [1.165, 1.54) is 17.7 Å². The van der Waals surface area contributed by atoms with Crippen LogP contribution >= 0.6 is 15.9 Å². The van der Waals surface area contributed by atoms with Gasteiger partial charge in [-0.3, -0.25) is 0 Å². The minimum Gasteiger partial charge on any atom is -0.464 e. The van der Waals surface area contributed by atoms with Crippen molar-refractivity contribution >= 4 is 21.6 Å². The first-order valence-corrected chi connectivity index (χ1v) is 10.0. The summed E-state index contributed by atoms with van der Waals surface area (Å²) in [6, 6.07) is 21.0. The summed E-state index contributed by atoms with van der Waals surface area (Å²) in [7, 11) is 0. The van der Waals surface area contributed by atoms with Crippen molar-refractivity contribution in [1.29, 1.82) is 0 Å². The van der Waals surface area contributed by atoms with Crippen LogP contribution in [0.5, 0.6) is 5.75 Å². The Bertz CT molecular complexity index is 1060. The second-order valence-electron chi connectivity index (χ2n) is 7.22. The van der Waals surface area contributed by atoms with E-state index in [0.717, 1.165) is 39.0 Å². The van der Waals surface area contributed by atoms with Gasteiger partial charge in [0.2, 0.25) is 6.23 Å². The molecule has 0 spiro atoms. The molecule has 0 aliphatic carbocycles. The summed E-state index contributed by atoms with van der Waals surface area (Å²) < 4.78 is 20.8. The third kappa shape index (κ3) is 3.00. The topological polar surface area (TPSA) is 24.8 Å². The number of halogens is 2. The molecule has 0 aromatic heterocycles. The van der Waals surface area contributed by atoms with E-state index in [1.807, 2.05) is 17.1 Å². The lowest BCUT2D eigenvalue weighted by Gasteiger charge is -2.38. The molecule has 0 fully saturated rings. The molecule has 2 atom stereocenters. The van der Waals surface area contributed by atoms with Gasteiger partial charge in [0.15, 0.2) is 0 Å². The maximum Gasteiger partial charge on any atom is 0.213 e. The summed E-state index contributed by atoms with van der Waals surface area (Å²) in [4.78, 5) is 0. The van der Waals surface area contributed by atoms with Gasteiger partial charge < -0.3 is 4.74 Å². The molecule has 0 saturated carbocycles. The van der Waals surface area contributed by atoms with Crippen molar-refractivity contribution in [3.63, 3.8) is 0 Å². The lowest BCUT2D eigenvalue weighted by Crippen LogP contribution is -2.33. The van der Waals surface area contributed by atoms with Crippen LogP contribution in [0.3, 0.4) is 0 Å². The summed E-state index contributed by atoms with van der Waals surface area (Å²) in [6.07, 6.45) is 0.412. The third-order valence-corrected chi connectivity index (χ3v) is 5.79. The van der Waals surface area contributed by atoms with Crippen molar-refractivity contribution in [3.05, 3.63) is 99.3 Å². The maximum absolute atomic E-state index is 13.4. The molecule has 2 aliphatic heterocycles. The number of hydrogen-bond acceptors (Lipinski definition) is 3. The summed E-state index contributed by atoms with van der Waals surface area (Å²) in [5.41, 5.74) is 5.37. The average molecular weight is 437 g/mol. The van der Waals surface area contributed by atoms with Gasteiger partial charge in [0.25, 0.3) is 0 Å². The molecule has 0 bridgehead atoms. The van der Waals surface area contributed by atoms with E-state index in [2.05, 4.69) is 53.2 Å². The van der Waals surface area contributed by atoms with Crippen LogP contribution < -0.4 is 4.74 Å². The van der Waals surface area contributed by atoms with Crippen molar-refractivity contribution in [2.45, 2.75) is 25.6 Å². The molecular weight excluding hydrogens is 419 g/mol. The van der Waals surface area contributed by atoms with Crippen LogP contribution in [-0.4, -0.2) is 10.7 Å². The molecular formula is C23H18BrFN2O. The normalized spacial score (nSPS) is 20.2. The molecule has 3 aromatic rings. The predicted molar refractivity (Wildman–Crippen MR) is 111 cm³/mol. The molecule has 0 saturated heterocycles. The van der Waals surface area contributed by atoms with E-state index in [1.54, 1.807) is 12.1 Å². The van der Waals surface area contributed by atoms with Crippen molar-refractivity contribution in [1.82, 2.24) is 5.01 Å². The van der Waals surface area contributed by atoms with E-state index < -0.39 is 0 Å². The molecule has 28 heavy (non-hydrogen) atoms. The molecule has 3 aromatic carbocycles. The highest BCUT2D eigenvalue weighted by atomic mass is 79.9. The average Bonchev–Trinajstić information content (AvgIpc) is 3.14. The molecule has 3 nitrogen and oxygen atoms in total. The van der Waals surface area contributed by atoms with Crippen LogP contribution in [-0.2, 0) is 0 Å². The lowest BCUT2D eigenvalue weighted by atomic mass is 9.95. The van der Waals surface area contributed by atoms with Crippen LogP contribution in [0.25, 0.3) is 0 Å². The van der Waals surface area contributed by atoms with E-state index in [9.17, 15) is 4.39 Å². The molecule has 0 amide bonds. The number of hydrazone groups is 1. The van der Waals surface area contributed by atoms with Crippen molar-refractivity contribution < 1.29 is 9.13 Å². The Hall–Kier alpha value is -2.66. The van der Waals surface area contributed by atoms with Crippen LogP contribution in [0, 0.1) is 12.7 Å². The Morgan fingerprint density at radius 1 is 1.04 bits per heavy atom. The zero-order valence-corrected chi connectivity index (χ0v) is 16.9. The number of benzene rings is 3. The zero-order chi connectivity index (χ0) is 19.3. The Morgan fingerprint density at radius 3 is 2.54 bits per heavy atom. The number of nitrogens with zero attached hydrogens (tertiary/aromatic N) is 2. The van der Waals surface area contributed by atoms with Crippen LogP contribution in [0.15, 0.2) is 76.3 Å². The van der Waals surface area contributed by atoms with Gasteiger partial charge in [-0.05, 0) is 42.8 Å². The first-order chi connectivity index (χ1) is 13.6. The minimum atomic E-state index is -0.387. The van der Waals surface area contributed by atoms with E-state index >= 15 is 0 Å². The van der Waals surface area contributed by atoms with E-state index in [0.29, 0.717) is 0 Å². The van der Waals surface area contributed by atoms with Gasteiger partial charge in [-0.2, -0.15) is 5.10 Å². The predicted octanol–water partition coefficient (Wildman–Crippen LogP) is 6.14. The SMILES string of the molecule is Cc1ccc(C2=NN3[C@H](C2)c2cc(Br)ccc2O[C@H]3c2ccc(F)cc2)cc1. The van der Waals surface area contributed by atoms with Crippen LogP contribution in [0.4, 0.5) is 4.39 Å². The molecule has 5 rings (SSSR count). The smallest absolute Gasteiger partial charge is 0.213 e. The van der Waals surface area contributed by atoms with Gasteiger partial charge in [0.05, 0.1) is 11.8 Å². The highest BCUT2D eigenvalue weighted by molar-refractivity contribution is 9.10. The summed E-state index contributed by atoms with van der Waals surface area (Å²) in [6.45, 7) is 2.08. The van der Waals surface area contributed by atoms with Crippen molar-refractivity contribution in [3.8, 4) is 5.75 Å². The van der Waals surface area contributed by atoms with Crippen LogP contribution in [0.2, 0.25) is 0 Å². The summed E-state index contributed by atoms with van der Waals surface area (Å²) in [5, 5.41) is 6.95. The molecule has 2 aliphatic rings. The minimum absolute atomic E-state index is 0.0765. The molecule has 5 heteroatoms. The number of aryl methyl sites for hydroxylation is 1. The fourth-order valence-electron chi connectivity index (χ4n) is 3.83. The van der Waals surface area contributed by atoms with Gasteiger partial charge in [-0.25, -0.2) is 9.40 Å². The lowest BCUT2D eigenvalue weighted by molar-refractivity contribution is -0.0191. The van der Waals surface area contributed by atoms with Crippen LogP contribution in [0.1, 0.15) is 40.9 Å². The molecule has 0 unspecified atom stereocenters. The second kappa shape index (κ2) is 6.74. The number of ether oxygens (including phenoxy) is 1. The van der Waals surface area contributed by atoms with E-state index in [4.69, 9.17) is 9.84 Å². The van der Waals surface area contributed by atoms with Crippen molar-refractivity contribution in [2.75, 3.05) is 0 Å². The molecule has 2 heterocycles. The number of hydrogen-bond donors (Lipinski definition) is 0. The molecule has 140 valence electrons. The summed E-state index contributed by atoms with van der Waals surface area (Å²) >= 11 is 3.57. The quantitative estimate of drug-likeness (QED) is 0.481. The van der Waals surface area contributed by atoms with Gasteiger partial charge in [0.1, 0.15) is 11.6 Å². The Labute approximate surface area is 171 Å². The zero-order valence-electron chi connectivity index (χ0n) is 15.3. The Kier molecular flexibility index (Phi) is 4.20. The van der Waals surface area contributed by atoms with Gasteiger partial charge in [-0.15, -0.1) is 0 Å². The number of rotatable bonds is 2. The van der Waals surface area contributed by atoms with Crippen molar-refractivity contribution in [2.24, 2.45) is 5.10 Å². The number of fused-ring (bicyclic) bond motifs is 3. The monoisotopic (exact) mass is 436 g/mol. The maximum atomic E-state index is 13.4. The van der Waals surface area contributed by atoms with Gasteiger partial charge in [-0.1, -0.05) is 57.9 Å². The molecule has 0 N–H and O–H groups in total. The Morgan fingerprint density at radius 2 is 1.79 bits per heavy atom. The standard InChI is InChI=1S/C23H18BrFN2O/c1-14-2-4-15(5-3-14)20-13-21-19-12-17(24)8-11-22(19)28-23(27(21)26-20)16-6-9-18(25)10-7-16/h2-12,21,23H,13H2,1H3/t21-,23+/m1/s1. The summed E-state index contributed by atoms with van der Waals surface area (Å²) in [5.74, 6) is 0.588. The third-order valence-electron chi connectivity index (χ3n) is 5.29. The Balaban J connectivity index is 1.59. The fourth-order valence-corrected chi connectivity index (χ4v) is 4.20. The van der Waals surface area contributed by atoms with Gasteiger partial charge in [0, 0.05) is 22.0 Å². The van der Waals surface area contributed by atoms with Gasteiger partial charge >= 0.3 is 0 Å². The largest absolute Gasteiger partial charge is 0.464 e. The second-order valence-corrected chi connectivity index (χ2v) is 8.13. The van der Waals surface area contributed by atoms with E-state index in [-0.39, 0.29) is 18.1 Å². The highest BCUT2D eigenvalue weighted by Gasteiger charge is 2.41. The highest BCUT2D eigenvalue weighted by Crippen LogP contribution is 2.48. The first kappa shape index (κ1) is 17.4. The molecule has 0 radical (unpaired) electrons. The first-order valence-electron chi connectivity index (χ1n) is 9.23.